The van der Waals surface area contributed by atoms with Crippen molar-refractivity contribution in [3.63, 3.8) is 0 Å². The van der Waals surface area contributed by atoms with E-state index in [1.807, 2.05) is 42.3 Å². The van der Waals surface area contributed by atoms with Gasteiger partial charge in [-0.3, -0.25) is 9.69 Å². The zero-order chi connectivity index (χ0) is 17.0. The first-order chi connectivity index (χ1) is 10.0. The Labute approximate surface area is 135 Å². The van der Waals surface area contributed by atoms with Crippen LogP contribution in [-0.2, 0) is 15.8 Å². The van der Waals surface area contributed by atoms with Gasteiger partial charge in [-0.15, -0.1) is 0 Å². The van der Waals surface area contributed by atoms with Crippen molar-refractivity contribution in [2.75, 3.05) is 13.7 Å². The zero-order valence-corrected chi connectivity index (χ0v) is 15.6. The van der Waals surface area contributed by atoms with Gasteiger partial charge in [-0.25, -0.2) is 0 Å². The summed E-state index contributed by atoms with van der Waals surface area (Å²) >= 11 is 0. The van der Waals surface area contributed by atoms with Gasteiger partial charge in [0.05, 0.1) is 6.61 Å². The van der Waals surface area contributed by atoms with Crippen LogP contribution in [0.1, 0.15) is 26.3 Å². The lowest BCUT2D eigenvalue weighted by atomic mass is 10.2. The molecule has 1 aromatic rings. The molecular formula is C17H29NO3Si. The lowest BCUT2D eigenvalue weighted by molar-refractivity contribution is -0.144. The molecule has 0 spiro atoms. The summed E-state index contributed by atoms with van der Waals surface area (Å²) in [6.07, 6.45) is 0. The predicted octanol–water partition coefficient (Wildman–Crippen LogP) is 3.59. The summed E-state index contributed by atoms with van der Waals surface area (Å²) in [4.78, 5) is 13.4. The topological polar surface area (TPSA) is 49.8 Å². The molecule has 22 heavy (non-hydrogen) atoms. The number of carbonyl (C=O) groups is 1. The molecule has 0 amide bonds. The Balaban J connectivity index is 2.72. The highest BCUT2D eigenvalue weighted by atomic mass is 28.4. The van der Waals surface area contributed by atoms with Gasteiger partial charge in [-0.05, 0) is 30.7 Å². The molecule has 0 aliphatic carbocycles. The molecule has 1 N–H and O–H groups in total. The Morgan fingerprint density at radius 2 is 1.82 bits per heavy atom. The number of hydrogen-bond donors (Lipinski definition) is 1. The van der Waals surface area contributed by atoms with Crippen LogP contribution in [0.3, 0.4) is 0 Å². The Kier molecular flexibility index (Phi) is 6.34. The van der Waals surface area contributed by atoms with Crippen molar-refractivity contribution in [3.8, 4) is 0 Å². The van der Waals surface area contributed by atoms with Gasteiger partial charge in [-0.1, -0.05) is 51.1 Å². The number of likely N-dealkylation sites (N-methyl/N-ethyl adjacent to an activating group) is 1. The molecule has 0 aromatic heterocycles. The first kappa shape index (κ1) is 18.9. The summed E-state index contributed by atoms with van der Waals surface area (Å²) in [5.74, 6) is -0.836. The van der Waals surface area contributed by atoms with Crippen molar-refractivity contribution < 1.29 is 14.3 Å². The number of nitrogens with zero attached hydrogens (tertiary/aromatic N) is 1. The fraction of sp³-hybridized carbons (Fsp3) is 0.588. The van der Waals surface area contributed by atoms with Crippen molar-refractivity contribution in [2.45, 2.75) is 51.5 Å². The minimum absolute atomic E-state index is 0.0774. The first-order valence-corrected chi connectivity index (χ1v) is 10.6. The van der Waals surface area contributed by atoms with Crippen LogP contribution in [0.4, 0.5) is 0 Å². The van der Waals surface area contributed by atoms with Crippen LogP contribution in [0, 0.1) is 0 Å². The highest BCUT2D eigenvalue weighted by Gasteiger charge is 2.38. The van der Waals surface area contributed by atoms with Gasteiger partial charge in [0.2, 0.25) is 0 Å². The molecular weight excluding hydrogens is 294 g/mol. The number of benzene rings is 1. The van der Waals surface area contributed by atoms with E-state index in [1.165, 1.54) is 0 Å². The minimum atomic E-state index is -1.94. The highest BCUT2D eigenvalue weighted by Crippen LogP contribution is 2.36. The molecule has 124 valence electrons. The van der Waals surface area contributed by atoms with E-state index >= 15 is 0 Å². The number of aliphatic carboxylic acids is 1. The molecule has 4 nitrogen and oxygen atoms in total. The Morgan fingerprint density at radius 1 is 1.27 bits per heavy atom. The van der Waals surface area contributed by atoms with Crippen LogP contribution in [0.15, 0.2) is 30.3 Å². The van der Waals surface area contributed by atoms with Crippen LogP contribution in [0.25, 0.3) is 0 Å². The summed E-state index contributed by atoms with van der Waals surface area (Å²) in [6, 6.07) is 9.26. The van der Waals surface area contributed by atoms with Crippen LogP contribution in [0.2, 0.25) is 18.1 Å². The van der Waals surface area contributed by atoms with E-state index in [0.717, 1.165) is 5.56 Å². The lowest BCUT2D eigenvalue weighted by Crippen LogP contribution is -2.48. The van der Waals surface area contributed by atoms with Gasteiger partial charge in [-0.2, -0.15) is 0 Å². The summed E-state index contributed by atoms with van der Waals surface area (Å²) in [5.41, 5.74) is 1.10. The van der Waals surface area contributed by atoms with E-state index in [1.54, 1.807) is 0 Å². The second kappa shape index (κ2) is 7.40. The van der Waals surface area contributed by atoms with Gasteiger partial charge < -0.3 is 9.53 Å². The van der Waals surface area contributed by atoms with Crippen LogP contribution >= 0.6 is 0 Å². The standard InChI is InChI=1S/C17H29NO3Si/c1-17(2,3)22(5,6)21-13-15(16(19)20)18(4)12-14-10-8-7-9-11-14/h7-11,15H,12-13H2,1-6H3,(H,19,20)/t15-/m0/s1. The SMILES string of the molecule is CN(Cc1ccccc1)[C@@H](CO[Si](C)(C)C(C)(C)C)C(=O)O. The Hall–Kier alpha value is -1.17. The van der Waals surface area contributed by atoms with Crippen molar-refractivity contribution in [2.24, 2.45) is 0 Å². The average Bonchev–Trinajstić information content (AvgIpc) is 2.38. The Morgan fingerprint density at radius 3 is 2.27 bits per heavy atom. The molecule has 0 unspecified atom stereocenters. The smallest absolute Gasteiger partial charge is 0.323 e. The van der Waals surface area contributed by atoms with Crippen molar-refractivity contribution in [1.29, 1.82) is 0 Å². The van der Waals surface area contributed by atoms with Gasteiger partial charge >= 0.3 is 5.97 Å². The largest absolute Gasteiger partial charge is 0.480 e. The quantitative estimate of drug-likeness (QED) is 0.779. The predicted molar refractivity (Wildman–Crippen MR) is 92.5 cm³/mol. The normalized spacial score (nSPS) is 14.1. The number of hydrogen-bond acceptors (Lipinski definition) is 3. The molecule has 0 aliphatic heterocycles. The van der Waals surface area contributed by atoms with Crippen molar-refractivity contribution >= 4 is 14.3 Å². The number of rotatable bonds is 7. The van der Waals surface area contributed by atoms with Crippen molar-refractivity contribution in [1.82, 2.24) is 4.90 Å². The van der Waals surface area contributed by atoms with Crippen LogP contribution in [0.5, 0.6) is 0 Å². The van der Waals surface area contributed by atoms with Gasteiger partial charge in [0.25, 0.3) is 0 Å². The molecule has 0 heterocycles. The van der Waals surface area contributed by atoms with E-state index in [9.17, 15) is 9.90 Å². The van der Waals surface area contributed by atoms with E-state index < -0.39 is 20.3 Å². The summed E-state index contributed by atoms with van der Waals surface area (Å²) in [5, 5.41) is 9.59. The van der Waals surface area contributed by atoms with E-state index in [2.05, 4.69) is 33.9 Å². The maximum absolute atomic E-state index is 11.6. The minimum Gasteiger partial charge on any atom is -0.480 e. The summed E-state index contributed by atoms with van der Waals surface area (Å²) < 4.78 is 6.09. The van der Waals surface area contributed by atoms with E-state index in [0.29, 0.717) is 6.54 Å². The lowest BCUT2D eigenvalue weighted by Gasteiger charge is -2.37. The highest BCUT2D eigenvalue weighted by molar-refractivity contribution is 6.74. The van der Waals surface area contributed by atoms with Gasteiger partial charge in [0.15, 0.2) is 8.32 Å². The van der Waals surface area contributed by atoms with E-state index in [4.69, 9.17) is 4.43 Å². The third-order valence-electron chi connectivity index (χ3n) is 4.50. The summed E-state index contributed by atoms with van der Waals surface area (Å²) in [7, 11) is -0.107. The third kappa shape index (κ3) is 5.23. The maximum atomic E-state index is 11.6. The number of carboxylic acids is 1. The maximum Gasteiger partial charge on any atom is 0.323 e. The molecule has 0 bridgehead atoms. The molecule has 0 fully saturated rings. The molecule has 0 saturated heterocycles. The fourth-order valence-electron chi connectivity index (χ4n) is 1.87. The van der Waals surface area contributed by atoms with Crippen LogP contribution < -0.4 is 0 Å². The fourth-order valence-corrected chi connectivity index (χ4v) is 2.88. The molecule has 1 aromatic carbocycles. The average molecular weight is 324 g/mol. The molecule has 5 heteroatoms. The van der Waals surface area contributed by atoms with Gasteiger partial charge in [0, 0.05) is 6.54 Å². The number of carboxylic acid groups (broad SMARTS) is 1. The second-order valence-electron chi connectivity index (χ2n) is 7.33. The third-order valence-corrected chi connectivity index (χ3v) is 9.00. The molecule has 0 radical (unpaired) electrons. The van der Waals surface area contributed by atoms with Crippen LogP contribution in [-0.4, -0.2) is 44.0 Å². The molecule has 1 atom stereocenters. The van der Waals surface area contributed by atoms with Gasteiger partial charge in [0.1, 0.15) is 6.04 Å². The second-order valence-corrected chi connectivity index (χ2v) is 12.1. The molecule has 0 aliphatic rings. The Bertz CT molecular complexity index is 482. The van der Waals surface area contributed by atoms with Crippen molar-refractivity contribution in [3.05, 3.63) is 35.9 Å². The zero-order valence-electron chi connectivity index (χ0n) is 14.6. The monoisotopic (exact) mass is 323 g/mol. The summed E-state index contributed by atoms with van der Waals surface area (Å²) in [6.45, 7) is 11.6. The molecule has 1 rings (SSSR count). The van der Waals surface area contributed by atoms with E-state index in [-0.39, 0.29) is 11.6 Å². The molecule has 0 saturated carbocycles. The first-order valence-electron chi connectivity index (χ1n) is 7.65.